The van der Waals surface area contributed by atoms with Gasteiger partial charge in [-0.3, -0.25) is 0 Å². The molecule has 1 aliphatic carbocycles. The fourth-order valence-corrected chi connectivity index (χ4v) is 3.20. The first kappa shape index (κ1) is 20.0. The average molecular weight is 385 g/mol. The molecule has 0 spiro atoms. The molecule has 0 saturated heterocycles. The summed E-state index contributed by atoms with van der Waals surface area (Å²) in [5.41, 5.74) is 9.71. The van der Waals surface area contributed by atoms with E-state index in [-0.39, 0.29) is 25.7 Å². The molecule has 2 N–H and O–H groups in total. The van der Waals surface area contributed by atoms with Crippen LogP contribution in [0.1, 0.15) is 17.0 Å². The summed E-state index contributed by atoms with van der Waals surface area (Å²) in [7, 11) is 0. The Bertz CT molecular complexity index is 777. The van der Waals surface area contributed by atoms with E-state index in [4.69, 9.17) is 19.9 Å². The van der Waals surface area contributed by atoms with Gasteiger partial charge in [-0.1, -0.05) is 48.5 Å². The van der Waals surface area contributed by atoms with Gasteiger partial charge in [0, 0.05) is 12.5 Å². The lowest BCUT2D eigenvalue weighted by atomic mass is 9.98. The third kappa shape index (κ3) is 4.95. The normalized spacial score (nSPS) is 12.3. The van der Waals surface area contributed by atoms with Crippen molar-refractivity contribution in [1.29, 1.82) is 0 Å². The fourth-order valence-electron chi connectivity index (χ4n) is 3.20. The van der Waals surface area contributed by atoms with Gasteiger partial charge in [0.2, 0.25) is 0 Å². The molecule has 0 saturated carbocycles. The Hall–Kier alpha value is -2.74. The van der Waals surface area contributed by atoms with Crippen molar-refractivity contribution in [2.24, 2.45) is 5.73 Å². The first-order chi connectivity index (χ1) is 13.7. The molecule has 148 valence electrons. The van der Waals surface area contributed by atoms with Crippen molar-refractivity contribution in [3.8, 4) is 11.1 Å². The Balaban J connectivity index is 1.47. The molecule has 0 fully saturated rings. The minimum absolute atomic E-state index is 0.0912. The van der Waals surface area contributed by atoms with E-state index in [0.29, 0.717) is 19.8 Å². The van der Waals surface area contributed by atoms with Crippen LogP contribution in [-0.2, 0) is 23.7 Å². The lowest BCUT2D eigenvalue weighted by Crippen LogP contribution is -2.21. The van der Waals surface area contributed by atoms with Gasteiger partial charge in [-0.2, -0.15) is 0 Å². The summed E-state index contributed by atoms with van der Waals surface area (Å²) in [6, 6.07) is 16.0. The summed E-state index contributed by atoms with van der Waals surface area (Å²) in [6.45, 7) is 1.11. The van der Waals surface area contributed by atoms with Gasteiger partial charge in [0.15, 0.2) is 0 Å². The van der Waals surface area contributed by atoms with Gasteiger partial charge < -0.3 is 24.7 Å². The maximum Gasteiger partial charge on any atom is 0.516 e. The van der Waals surface area contributed by atoms with Crippen LogP contribution in [0.3, 0.4) is 0 Å². The molecule has 0 radical (unpaired) electrons. The number of carbonyl (C=O) groups is 2. The zero-order valence-electron chi connectivity index (χ0n) is 15.5. The van der Waals surface area contributed by atoms with E-state index < -0.39 is 12.1 Å². The number of esters is 1. The van der Waals surface area contributed by atoms with Crippen LogP contribution in [-0.4, -0.2) is 51.7 Å². The van der Waals surface area contributed by atoms with Crippen LogP contribution in [0.4, 0.5) is 4.79 Å². The lowest BCUT2D eigenvalue weighted by molar-refractivity contribution is -0.145. The van der Waals surface area contributed by atoms with Crippen LogP contribution < -0.4 is 5.73 Å². The second kappa shape index (κ2) is 9.98. The monoisotopic (exact) mass is 385 g/mol. The summed E-state index contributed by atoms with van der Waals surface area (Å²) < 4.78 is 20.0. The molecular formula is C21H23NO6. The highest BCUT2D eigenvalue weighted by Gasteiger charge is 2.29. The summed E-state index contributed by atoms with van der Waals surface area (Å²) in [4.78, 5) is 23.5. The number of hydrogen-bond acceptors (Lipinski definition) is 7. The number of fused-ring (bicyclic) bond motifs is 3. The van der Waals surface area contributed by atoms with Crippen molar-refractivity contribution in [3.05, 3.63) is 59.7 Å². The Labute approximate surface area is 163 Å². The van der Waals surface area contributed by atoms with E-state index in [1.54, 1.807) is 0 Å². The zero-order valence-corrected chi connectivity index (χ0v) is 15.5. The maximum absolute atomic E-state index is 11.8. The second-order valence-electron chi connectivity index (χ2n) is 6.22. The Morgan fingerprint density at radius 2 is 1.46 bits per heavy atom. The Morgan fingerprint density at radius 3 is 2.11 bits per heavy atom. The first-order valence-electron chi connectivity index (χ1n) is 9.12. The molecule has 0 amide bonds. The third-order valence-electron chi connectivity index (χ3n) is 4.38. The van der Waals surface area contributed by atoms with E-state index >= 15 is 0 Å². The number of benzene rings is 2. The fraction of sp³-hybridized carbons (Fsp3) is 0.333. The van der Waals surface area contributed by atoms with Gasteiger partial charge in [-0.15, -0.1) is 0 Å². The predicted octanol–water partition coefficient (Wildman–Crippen LogP) is 2.47. The van der Waals surface area contributed by atoms with Crippen molar-refractivity contribution in [2.45, 2.75) is 5.92 Å². The number of carbonyl (C=O) groups excluding carboxylic acids is 2. The molecule has 0 unspecified atom stereocenters. The molecular weight excluding hydrogens is 362 g/mol. The SMILES string of the molecule is NCCOCCOCC(=O)OC(=O)OCC1c2ccccc2-c2ccccc21. The van der Waals surface area contributed by atoms with E-state index in [0.717, 1.165) is 22.3 Å². The number of ether oxygens (including phenoxy) is 4. The van der Waals surface area contributed by atoms with Gasteiger partial charge in [0.05, 0.1) is 19.8 Å². The van der Waals surface area contributed by atoms with Gasteiger partial charge >= 0.3 is 12.1 Å². The van der Waals surface area contributed by atoms with E-state index in [1.165, 1.54) is 0 Å². The van der Waals surface area contributed by atoms with E-state index in [9.17, 15) is 9.59 Å². The summed E-state index contributed by atoms with van der Waals surface area (Å²) in [5, 5.41) is 0. The molecule has 1 aliphatic rings. The topological polar surface area (TPSA) is 97.1 Å². The molecule has 0 bridgehead atoms. The standard InChI is InChI=1S/C21H23NO6/c22-9-10-25-11-12-26-14-20(23)28-21(24)27-13-19-17-7-3-1-5-15(17)16-6-2-4-8-18(16)19/h1-8,19H,9-14,22H2. The largest absolute Gasteiger partial charge is 0.516 e. The highest BCUT2D eigenvalue weighted by molar-refractivity contribution is 5.83. The Kier molecular flexibility index (Phi) is 7.13. The summed E-state index contributed by atoms with van der Waals surface area (Å²) >= 11 is 0. The smallest absolute Gasteiger partial charge is 0.433 e. The van der Waals surface area contributed by atoms with Crippen molar-refractivity contribution < 1.29 is 28.5 Å². The summed E-state index contributed by atoms with van der Waals surface area (Å²) in [6.07, 6.45) is -1.03. The molecule has 2 aromatic rings. The van der Waals surface area contributed by atoms with Crippen LogP contribution >= 0.6 is 0 Å². The van der Waals surface area contributed by atoms with Gasteiger partial charge in [-0.05, 0) is 22.3 Å². The molecule has 2 aromatic carbocycles. The highest BCUT2D eigenvalue weighted by atomic mass is 16.7. The summed E-state index contributed by atoms with van der Waals surface area (Å²) in [5.74, 6) is -0.901. The van der Waals surface area contributed by atoms with Gasteiger partial charge in [0.1, 0.15) is 13.2 Å². The molecule has 0 atom stereocenters. The zero-order chi connectivity index (χ0) is 19.8. The molecule has 0 aromatic heterocycles. The van der Waals surface area contributed by atoms with Crippen LogP contribution in [0.15, 0.2) is 48.5 Å². The van der Waals surface area contributed by atoms with E-state index in [2.05, 4.69) is 4.74 Å². The second-order valence-corrected chi connectivity index (χ2v) is 6.22. The molecule has 28 heavy (non-hydrogen) atoms. The van der Waals surface area contributed by atoms with Gasteiger partial charge in [-0.25, -0.2) is 9.59 Å². The molecule has 7 heteroatoms. The number of nitrogens with two attached hydrogens (primary N) is 1. The first-order valence-corrected chi connectivity index (χ1v) is 9.12. The minimum Gasteiger partial charge on any atom is -0.433 e. The molecule has 7 nitrogen and oxygen atoms in total. The number of hydrogen-bond donors (Lipinski definition) is 1. The van der Waals surface area contributed by atoms with Gasteiger partial charge in [0.25, 0.3) is 0 Å². The number of rotatable bonds is 9. The van der Waals surface area contributed by atoms with Crippen LogP contribution in [0.25, 0.3) is 11.1 Å². The minimum atomic E-state index is -1.03. The molecule has 0 aliphatic heterocycles. The van der Waals surface area contributed by atoms with Crippen LogP contribution in [0.2, 0.25) is 0 Å². The third-order valence-corrected chi connectivity index (χ3v) is 4.38. The molecule has 3 rings (SSSR count). The Morgan fingerprint density at radius 1 is 0.857 bits per heavy atom. The highest BCUT2D eigenvalue weighted by Crippen LogP contribution is 2.44. The van der Waals surface area contributed by atoms with Crippen molar-refractivity contribution in [2.75, 3.05) is 39.6 Å². The van der Waals surface area contributed by atoms with Crippen molar-refractivity contribution in [3.63, 3.8) is 0 Å². The lowest BCUT2D eigenvalue weighted by Gasteiger charge is -2.13. The predicted molar refractivity (Wildman–Crippen MR) is 102 cm³/mol. The maximum atomic E-state index is 11.8. The van der Waals surface area contributed by atoms with Crippen LogP contribution in [0.5, 0.6) is 0 Å². The van der Waals surface area contributed by atoms with E-state index in [1.807, 2.05) is 48.5 Å². The van der Waals surface area contributed by atoms with Crippen LogP contribution in [0, 0.1) is 0 Å². The van der Waals surface area contributed by atoms with Crippen molar-refractivity contribution in [1.82, 2.24) is 0 Å². The molecule has 0 heterocycles. The van der Waals surface area contributed by atoms with Crippen molar-refractivity contribution >= 4 is 12.1 Å². The quantitative estimate of drug-likeness (QED) is 0.402. The average Bonchev–Trinajstić information content (AvgIpc) is 3.03.